The number of carbonyl (C=O) groups excluding carboxylic acids is 1. The van der Waals surface area contributed by atoms with Gasteiger partial charge in [-0.05, 0) is 43.4 Å². The average Bonchev–Trinajstić information content (AvgIpc) is 3.26. The lowest BCUT2D eigenvalue weighted by Crippen LogP contribution is -2.41. The van der Waals surface area contributed by atoms with E-state index in [4.69, 9.17) is 9.84 Å². The van der Waals surface area contributed by atoms with Crippen LogP contribution >= 0.6 is 0 Å². The number of aliphatic carboxylic acids is 1. The van der Waals surface area contributed by atoms with Gasteiger partial charge in [-0.3, -0.25) is 4.79 Å². The van der Waals surface area contributed by atoms with E-state index in [1.54, 1.807) is 0 Å². The molecule has 1 aromatic carbocycles. The maximum absolute atomic E-state index is 11.8. The third-order valence-electron chi connectivity index (χ3n) is 3.83. The van der Waals surface area contributed by atoms with Gasteiger partial charge >= 0.3 is 5.97 Å². The third kappa shape index (κ3) is 5.06. The minimum atomic E-state index is -0.962. The molecule has 2 N–H and O–H groups in total. The quantitative estimate of drug-likeness (QED) is 0.773. The van der Waals surface area contributed by atoms with Crippen LogP contribution in [-0.4, -0.2) is 29.6 Å². The van der Waals surface area contributed by atoms with Crippen molar-refractivity contribution >= 4 is 11.9 Å². The second-order valence-corrected chi connectivity index (χ2v) is 6.00. The van der Waals surface area contributed by atoms with Crippen molar-refractivity contribution in [1.29, 1.82) is 0 Å². The summed E-state index contributed by atoms with van der Waals surface area (Å²) < 4.78 is 5.62. The first-order valence-electron chi connectivity index (χ1n) is 7.68. The molecule has 5 nitrogen and oxygen atoms in total. The number of nitrogens with one attached hydrogen (secondary N) is 1. The summed E-state index contributed by atoms with van der Waals surface area (Å²) in [6.07, 6.45) is 2.81. The Labute approximate surface area is 130 Å². The van der Waals surface area contributed by atoms with Crippen molar-refractivity contribution in [3.8, 4) is 5.75 Å². The van der Waals surface area contributed by atoms with Crippen LogP contribution in [-0.2, 0) is 9.59 Å². The largest absolute Gasteiger partial charge is 0.493 e. The van der Waals surface area contributed by atoms with E-state index in [1.807, 2.05) is 32.0 Å². The van der Waals surface area contributed by atoms with Gasteiger partial charge in [0.05, 0.1) is 13.0 Å². The molecule has 1 aromatic rings. The number of carboxylic acid groups (broad SMARTS) is 1. The normalized spacial score (nSPS) is 15.2. The fraction of sp³-hybridized carbons (Fsp3) is 0.529. The Morgan fingerprint density at radius 3 is 2.73 bits per heavy atom. The number of hydrogen-bond donors (Lipinski definition) is 2. The molecule has 0 saturated heterocycles. The molecule has 0 aliphatic heterocycles. The van der Waals surface area contributed by atoms with E-state index in [0.717, 1.165) is 29.7 Å². The summed E-state index contributed by atoms with van der Waals surface area (Å²) in [5, 5.41) is 11.7. The molecule has 1 aliphatic rings. The summed E-state index contributed by atoms with van der Waals surface area (Å²) >= 11 is 0. The molecule has 0 radical (unpaired) electrons. The summed E-state index contributed by atoms with van der Waals surface area (Å²) in [7, 11) is 0. The predicted molar refractivity (Wildman–Crippen MR) is 82.9 cm³/mol. The van der Waals surface area contributed by atoms with Crippen molar-refractivity contribution in [3.05, 3.63) is 29.3 Å². The molecule has 120 valence electrons. The molecular formula is C17H23NO4. The van der Waals surface area contributed by atoms with Crippen LogP contribution < -0.4 is 10.1 Å². The summed E-state index contributed by atoms with van der Waals surface area (Å²) in [5.74, 6) is -0.0257. The summed E-state index contributed by atoms with van der Waals surface area (Å²) in [4.78, 5) is 23.0. The standard InChI is InChI=1S/C17H23NO4/c1-11-3-4-12(2)15(9-11)22-8-7-16(19)18-14(17(20)21)10-13-5-6-13/h3-4,9,13-14H,5-8,10H2,1-2H3,(H,18,19)(H,20,21). The monoisotopic (exact) mass is 305 g/mol. The minimum absolute atomic E-state index is 0.155. The number of carbonyl (C=O) groups is 2. The maximum Gasteiger partial charge on any atom is 0.326 e. The van der Waals surface area contributed by atoms with Gasteiger partial charge in [-0.2, -0.15) is 0 Å². The van der Waals surface area contributed by atoms with Crippen LogP contribution in [0.4, 0.5) is 0 Å². The van der Waals surface area contributed by atoms with Crippen LogP contribution in [0.25, 0.3) is 0 Å². The number of amides is 1. The van der Waals surface area contributed by atoms with Crippen LogP contribution in [0.15, 0.2) is 18.2 Å². The molecule has 5 heteroatoms. The van der Waals surface area contributed by atoms with Crippen LogP contribution in [0.5, 0.6) is 5.75 Å². The van der Waals surface area contributed by atoms with Gasteiger partial charge in [0.25, 0.3) is 0 Å². The molecule has 0 heterocycles. The highest BCUT2D eigenvalue weighted by molar-refractivity contribution is 5.83. The zero-order valence-electron chi connectivity index (χ0n) is 13.1. The first kappa shape index (κ1) is 16.3. The van der Waals surface area contributed by atoms with Crippen molar-refractivity contribution in [2.24, 2.45) is 5.92 Å². The van der Waals surface area contributed by atoms with Crippen LogP contribution in [0.2, 0.25) is 0 Å². The Morgan fingerprint density at radius 2 is 2.09 bits per heavy atom. The number of benzene rings is 1. The fourth-order valence-corrected chi connectivity index (χ4v) is 2.29. The van der Waals surface area contributed by atoms with Crippen LogP contribution in [0, 0.1) is 19.8 Å². The minimum Gasteiger partial charge on any atom is -0.493 e. The molecule has 1 saturated carbocycles. The van der Waals surface area contributed by atoms with Gasteiger partial charge in [-0.1, -0.05) is 25.0 Å². The van der Waals surface area contributed by atoms with E-state index in [-0.39, 0.29) is 18.9 Å². The summed E-state index contributed by atoms with van der Waals surface area (Å²) in [5.41, 5.74) is 2.11. The van der Waals surface area contributed by atoms with Gasteiger partial charge in [0, 0.05) is 0 Å². The SMILES string of the molecule is Cc1ccc(C)c(OCCC(=O)NC(CC2CC2)C(=O)O)c1. The lowest BCUT2D eigenvalue weighted by molar-refractivity contribution is -0.142. The van der Waals surface area contributed by atoms with E-state index in [2.05, 4.69) is 5.32 Å². The fourth-order valence-electron chi connectivity index (χ4n) is 2.29. The van der Waals surface area contributed by atoms with Crippen molar-refractivity contribution in [1.82, 2.24) is 5.32 Å². The molecule has 0 aromatic heterocycles. The van der Waals surface area contributed by atoms with Gasteiger partial charge in [-0.15, -0.1) is 0 Å². The number of hydrogen-bond acceptors (Lipinski definition) is 3. The second kappa shape index (κ2) is 7.29. The lowest BCUT2D eigenvalue weighted by atomic mass is 10.1. The average molecular weight is 305 g/mol. The third-order valence-corrected chi connectivity index (χ3v) is 3.83. The van der Waals surface area contributed by atoms with Crippen molar-refractivity contribution in [2.75, 3.05) is 6.61 Å². The smallest absolute Gasteiger partial charge is 0.326 e. The van der Waals surface area contributed by atoms with Gasteiger partial charge in [-0.25, -0.2) is 4.79 Å². The highest BCUT2D eigenvalue weighted by Crippen LogP contribution is 2.33. The first-order valence-corrected chi connectivity index (χ1v) is 7.68. The topological polar surface area (TPSA) is 75.6 Å². The van der Waals surface area contributed by atoms with Gasteiger partial charge in [0.2, 0.25) is 5.91 Å². The zero-order chi connectivity index (χ0) is 16.1. The van der Waals surface area contributed by atoms with E-state index in [0.29, 0.717) is 12.3 Å². The van der Waals surface area contributed by atoms with Crippen molar-refractivity contribution in [3.63, 3.8) is 0 Å². The van der Waals surface area contributed by atoms with Crippen LogP contribution in [0.3, 0.4) is 0 Å². The molecule has 1 aliphatic carbocycles. The van der Waals surface area contributed by atoms with E-state index < -0.39 is 12.0 Å². The van der Waals surface area contributed by atoms with Crippen molar-refractivity contribution in [2.45, 2.75) is 45.6 Å². The molecule has 2 rings (SSSR count). The number of rotatable bonds is 8. The zero-order valence-corrected chi connectivity index (χ0v) is 13.1. The summed E-state index contributed by atoms with van der Waals surface area (Å²) in [6.45, 7) is 4.17. The molecule has 1 atom stereocenters. The second-order valence-electron chi connectivity index (χ2n) is 6.00. The highest BCUT2D eigenvalue weighted by Gasteiger charge is 2.30. The van der Waals surface area contributed by atoms with Crippen molar-refractivity contribution < 1.29 is 19.4 Å². The molecule has 1 fully saturated rings. The lowest BCUT2D eigenvalue weighted by Gasteiger charge is -2.14. The van der Waals surface area contributed by atoms with Gasteiger partial charge in [0.1, 0.15) is 11.8 Å². The Balaban J connectivity index is 1.76. The number of carboxylic acids is 1. The van der Waals surface area contributed by atoms with E-state index >= 15 is 0 Å². The molecule has 0 spiro atoms. The Kier molecular flexibility index (Phi) is 5.41. The Hall–Kier alpha value is -2.04. The van der Waals surface area contributed by atoms with Gasteiger partial charge in [0.15, 0.2) is 0 Å². The molecule has 1 unspecified atom stereocenters. The highest BCUT2D eigenvalue weighted by atomic mass is 16.5. The molecule has 0 bridgehead atoms. The Bertz CT molecular complexity index is 552. The molecule has 22 heavy (non-hydrogen) atoms. The Morgan fingerprint density at radius 1 is 1.36 bits per heavy atom. The maximum atomic E-state index is 11.8. The molecule has 1 amide bonds. The summed E-state index contributed by atoms with van der Waals surface area (Å²) in [6, 6.07) is 5.13. The van der Waals surface area contributed by atoms with E-state index in [9.17, 15) is 9.59 Å². The molecular weight excluding hydrogens is 282 g/mol. The van der Waals surface area contributed by atoms with Gasteiger partial charge < -0.3 is 15.2 Å². The van der Waals surface area contributed by atoms with E-state index in [1.165, 1.54) is 0 Å². The predicted octanol–water partition coefficient (Wildman–Crippen LogP) is 2.44. The number of aryl methyl sites for hydroxylation is 2. The number of ether oxygens (including phenoxy) is 1. The van der Waals surface area contributed by atoms with Crippen LogP contribution in [0.1, 0.15) is 36.8 Å². The first-order chi connectivity index (χ1) is 10.5.